The van der Waals surface area contributed by atoms with Gasteiger partial charge in [0.15, 0.2) is 0 Å². The van der Waals surface area contributed by atoms with Crippen molar-refractivity contribution in [3.05, 3.63) is 0 Å². The van der Waals surface area contributed by atoms with Crippen LogP contribution in [0.1, 0.15) is 71.1 Å². The number of carbonyl (C=O) groups excluding carboxylic acids is 1. The van der Waals surface area contributed by atoms with E-state index < -0.39 is 0 Å². The molecule has 4 rings (SSSR count). The summed E-state index contributed by atoms with van der Waals surface area (Å²) in [5.41, 5.74) is 0.187. The lowest BCUT2D eigenvalue weighted by Gasteiger charge is -2.61. The monoisotopic (exact) mass is 320 g/mol. The summed E-state index contributed by atoms with van der Waals surface area (Å²) in [5.74, 6) is 3.03. The van der Waals surface area contributed by atoms with Gasteiger partial charge in [0.05, 0.1) is 6.10 Å². The van der Waals surface area contributed by atoms with Crippen molar-refractivity contribution in [1.29, 1.82) is 0 Å². The summed E-state index contributed by atoms with van der Waals surface area (Å²) in [5, 5.41) is 19.9. The predicted octanol–water partition coefficient (Wildman–Crippen LogP) is 3.32. The second-order valence-electron chi connectivity index (χ2n) is 9.20. The molecule has 7 atom stereocenters. The maximum atomic E-state index is 12.5. The molecule has 0 aliphatic heterocycles. The average molecular weight is 320 g/mol. The van der Waals surface area contributed by atoms with Crippen molar-refractivity contribution in [2.45, 2.75) is 77.2 Å². The van der Waals surface area contributed by atoms with Crippen LogP contribution in [0, 0.1) is 34.5 Å². The molecule has 0 bridgehead atoms. The van der Waals surface area contributed by atoms with Gasteiger partial charge in [0, 0.05) is 18.4 Å². The van der Waals surface area contributed by atoms with Crippen LogP contribution in [0.15, 0.2) is 0 Å². The summed E-state index contributed by atoms with van der Waals surface area (Å²) in [6.45, 7) is 2.51. The SMILES string of the molecule is CC12CCC3C(CCC4CC(O)CCC43CCO)C1CCC2=O. The summed E-state index contributed by atoms with van der Waals surface area (Å²) in [6.07, 6.45) is 10.2. The molecule has 3 nitrogen and oxygen atoms in total. The van der Waals surface area contributed by atoms with E-state index in [0.29, 0.717) is 29.5 Å². The number of fused-ring (bicyclic) bond motifs is 5. The minimum Gasteiger partial charge on any atom is -0.396 e. The van der Waals surface area contributed by atoms with Gasteiger partial charge in [-0.3, -0.25) is 4.79 Å². The molecule has 2 N–H and O–H groups in total. The van der Waals surface area contributed by atoms with Crippen LogP contribution in [0.3, 0.4) is 0 Å². The number of hydrogen-bond donors (Lipinski definition) is 2. The van der Waals surface area contributed by atoms with Gasteiger partial charge in [0.2, 0.25) is 0 Å². The molecule has 7 unspecified atom stereocenters. The number of ketones is 1. The van der Waals surface area contributed by atoms with Crippen LogP contribution in [0.25, 0.3) is 0 Å². The largest absolute Gasteiger partial charge is 0.396 e. The Hall–Kier alpha value is -0.410. The Bertz CT molecular complexity index is 489. The Morgan fingerprint density at radius 2 is 1.91 bits per heavy atom. The maximum Gasteiger partial charge on any atom is 0.139 e. The summed E-state index contributed by atoms with van der Waals surface area (Å²) in [7, 11) is 0. The highest BCUT2D eigenvalue weighted by Gasteiger charge is 2.61. The van der Waals surface area contributed by atoms with Gasteiger partial charge < -0.3 is 10.2 Å². The Kier molecular flexibility index (Phi) is 3.88. The first-order valence-electron chi connectivity index (χ1n) is 9.83. The van der Waals surface area contributed by atoms with Crippen LogP contribution < -0.4 is 0 Å². The number of carbonyl (C=O) groups is 1. The molecule has 23 heavy (non-hydrogen) atoms. The fraction of sp³-hybridized carbons (Fsp3) is 0.950. The number of Topliss-reactive ketones (excluding diaryl/α,β-unsaturated/α-hetero) is 1. The summed E-state index contributed by atoms with van der Waals surface area (Å²) < 4.78 is 0. The van der Waals surface area contributed by atoms with E-state index in [-0.39, 0.29) is 23.5 Å². The molecule has 4 fully saturated rings. The minimum absolute atomic E-state index is 0.0530. The molecule has 4 aliphatic rings. The third-order valence-corrected chi connectivity index (χ3v) is 8.62. The van der Waals surface area contributed by atoms with Gasteiger partial charge >= 0.3 is 0 Å². The molecule has 0 aromatic heterocycles. The van der Waals surface area contributed by atoms with Crippen LogP contribution >= 0.6 is 0 Å². The first-order valence-corrected chi connectivity index (χ1v) is 9.83. The van der Waals surface area contributed by atoms with E-state index in [0.717, 1.165) is 51.4 Å². The Morgan fingerprint density at radius 1 is 1.09 bits per heavy atom. The van der Waals surface area contributed by atoms with Crippen LogP contribution in [0.5, 0.6) is 0 Å². The van der Waals surface area contributed by atoms with E-state index in [1.54, 1.807) is 0 Å². The van der Waals surface area contributed by atoms with Crippen LogP contribution in [0.4, 0.5) is 0 Å². The first kappa shape index (κ1) is 16.1. The van der Waals surface area contributed by atoms with Gasteiger partial charge in [-0.05, 0) is 86.9 Å². The second kappa shape index (κ2) is 5.56. The molecule has 0 spiro atoms. The molecule has 3 heteroatoms. The van der Waals surface area contributed by atoms with Crippen LogP contribution in [0.2, 0.25) is 0 Å². The van der Waals surface area contributed by atoms with E-state index in [9.17, 15) is 15.0 Å². The lowest BCUT2D eigenvalue weighted by molar-refractivity contribution is -0.149. The highest BCUT2D eigenvalue weighted by Crippen LogP contribution is 2.66. The van der Waals surface area contributed by atoms with Crippen molar-refractivity contribution in [1.82, 2.24) is 0 Å². The molecular weight excluding hydrogens is 288 g/mol. The van der Waals surface area contributed by atoms with Crippen molar-refractivity contribution in [3.63, 3.8) is 0 Å². The van der Waals surface area contributed by atoms with Crippen molar-refractivity contribution in [2.75, 3.05) is 6.61 Å². The zero-order chi connectivity index (χ0) is 16.2. The topological polar surface area (TPSA) is 57.5 Å². The summed E-state index contributed by atoms with van der Waals surface area (Å²) >= 11 is 0. The van der Waals surface area contributed by atoms with Gasteiger partial charge in [-0.2, -0.15) is 0 Å². The van der Waals surface area contributed by atoms with Crippen molar-refractivity contribution in [2.24, 2.45) is 34.5 Å². The van der Waals surface area contributed by atoms with Gasteiger partial charge in [-0.15, -0.1) is 0 Å². The van der Waals surface area contributed by atoms with Crippen molar-refractivity contribution in [3.8, 4) is 0 Å². The summed E-state index contributed by atoms with van der Waals surface area (Å²) in [4.78, 5) is 12.5. The Morgan fingerprint density at radius 3 is 2.70 bits per heavy atom. The minimum atomic E-state index is -0.134. The van der Waals surface area contributed by atoms with Gasteiger partial charge in [0.1, 0.15) is 5.78 Å². The van der Waals surface area contributed by atoms with Crippen LogP contribution in [-0.4, -0.2) is 28.7 Å². The van der Waals surface area contributed by atoms with Gasteiger partial charge in [-0.25, -0.2) is 0 Å². The van der Waals surface area contributed by atoms with Crippen molar-refractivity contribution >= 4 is 5.78 Å². The molecule has 130 valence electrons. The molecule has 0 saturated heterocycles. The van der Waals surface area contributed by atoms with Gasteiger partial charge in [0.25, 0.3) is 0 Å². The number of aliphatic hydroxyl groups excluding tert-OH is 2. The summed E-state index contributed by atoms with van der Waals surface area (Å²) in [6, 6.07) is 0. The standard InChI is InChI=1S/C20H32O3/c1-19-8-7-17-15(16(19)4-5-18(19)23)3-2-13-12-14(22)6-9-20(13,17)10-11-21/h13-17,21-22H,2-12H2,1H3. The molecule has 4 saturated carbocycles. The van der Waals surface area contributed by atoms with E-state index >= 15 is 0 Å². The average Bonchev–Trinajstić information content (AvgIpc) is 2.84. The quantitative estimate of drug-likeness (QED) is 0.820. The number of hydrogen-bond acceptors (Lipinski definition) is 3. The highest BCUT2D eigenvalue weighted by molar-refractivity contribution is 5.87. The smallest absolute Gasteiger partial charge is 0.139 e. The zero-order valence-electron chi connectivity index (χ0n) is 14.5. The number of rotatable bonds is 2. The van der Waals surface area contributed by atoms with E-state index in [1.807, 2.05) is 0 Å². The molecule has 4 aliphatic carbocycles. The van der Waals surface area contributed by atoms with Gasteiger partial charge in [-0.1, -0.05) is 6.92 Å². The highest BCUT2D eigenvalue weighted by atomic mass is 16.3. The molecule has 0 heterocycles. The van der Waals surface area contributed by atoms with Crippen LogP contribution in [-0.2, 0) is 4.79 Å². The molecule has 0 aromatic carbocycles. The third kappa shape index (κ3) is 2.18. The lowest BCUT2D eigenvalue weighted by Crippen LogP contribution is -2.55. The zero-order valence-corrected chi connectivity index (χ0v) is 14.5. The van der Waals surface area contributed by atoms with E-state index in [1.165, 1.54) is 12.8 Å². The molecular formula is C20H32O3. The predicted molar refractivity (Wildman–Crippen MR) is 88.8 cm³/mol. The molecule has 0 aromatic rings. The third-order valence-electron chi connectivity index (χ3n) is 8.62. The fourth-order valence-electron chi connectivity index (χ4n) is 7.51. The Balaban J connectivity index is 1.66. The lowest BCUT2D eigenvalue weighted by atomic mass is 9.44. The van der Waals surface area contributed by atoms with E-state index in [2.05, 4.69) is 6.92 Å². The molecule has 0 radical (unpaired) electrons. The van der Waals surface area contributed by atoms with Crippen molar-refractivity contribution < 1.29 is 15.0 Å². The maximum absolute atomic E-state index is 12.5. The van der Waals surface area contributed by atoms with E-state index in [4.69, 9.17) is 0 Å². The Labute approximate surface area is 139 Å². The number of aliphatic hydroxyl groups is 2. The first-order chi connectivity index (χ1) is 11.0. The normalized spacial score (nSPS) is 52.7. The second-order valence-corrected chi connectivity index (χ2v) is 9.20. The molecule has 0 amide bonds. The fourth-order valence-corrected chi connectivity index (χ4v) is 7.51.